The molecule has 2 aliphatic rings. The minimum Gasteiger partial charge on any atom is -0.458 e. The fourth-order valence-corrected chi connectivity index (χ4v) is 4.50. The summed E-state index contributed by atoms with van der Waals surface area (Å²) in [7, 11) is 3.36. The molecule has 4 heterocycles. The molecule has 31 heavy (non-hydrogen) atoms. The van der Waals surface area contributed by atoms with Gasteiger partial charge in [0, 0.05) is 30.6 Å². The molecule has 5 rings (SSSR count). The number of benzene rings is 1. The maximum Gasteiger partial charge on any atom is 0.343 e. The van der Waals surface area contributed by atoms with Crippen molar-refractivity contribution in [1.82, 2.24) is 14.5 Å². The van der Waals surface area contributed by atoms with Gasteiger partial charge in [-0.25, -0.2) is 9.78 Å². The number of para-hydroxylation sites is 1. The summed E-state index contributed by atoms with van der Waals surface area (Å²) in [5.41, 5.74) is 1.07. The third-order valence-electron chi connectivity index (χ3n) is 6.21. The van der Waals surface area contributed by atoms with Gasteiger partial charge >= 0.3 is 5.97 Å². The van der Waals surface area contributed by atoms with E-state index in [1.165, 1.54) is 9.47 Å². The lowest BCUT2D eigenvalue weighted by Crippen LogP contribution is -2.44. The van der Waals surface area contributed by atoms with Crippen LogP contribution in [-0.2, 0) is 28.3 Å². The lowest BCUT2D eigenvalue weighted by atomic mass is 9.86. The molecule has 2 aliphatic heterocycles. The van der Waals surface area contributed by atoms with Crippen LogP contribution >= 0.6 is 0 Å². The highest BCUT2D eigenvalue weighted by molar-refractivity contribution is 6.09. The number of esters is 1. The molecular formula is C23H21N3O5. The van der Waals surface area contributed by atoms with Gasteiger partial charge in [0.1, 0.15) is 6.61 Å². The molecule has 8 heteroatoms. The average Bonchev–Trinajstić information content (AvgIpc) is 3.13. The van der Waals surface area contributed by atoms with E-state index in [2.05, 4.69) is 0 Å². The number of carbonyl (C=O) groups excluding carboxylic acids is 2. The zero-order valence-corrected chi connectivity index (χ0v) is 17.4. The van der Waals surface area contributed by atoms with Crippen LogP contribution in [0.1, 0.15) is 40.4 Å². The SMILES string of the molecule is CC[C@@]1(O)C(=O)OCc2c1cc1n(c2=O)Cc2c-1nc1ccccc1c2C(=O)N(C)C. The molecule has 1 aromatic carbocycles. The summed E-state index contributed by atoms with van der Waals surface area (Å²) >= 11 is 0. The zero-order valence-electron chi connectivity index (χ0n) is 17.4. The molecule has 1 atom stereocenters. The Morgan fingerprint density at radius 2 is 2.00 bits per heavy atom. The highest BCUT2D eigenvalue weighted by Gasteiger charge is 2.45. The van der Waals surface area contributed by atoms with Crippen LogP contribution in [0.5, 0.6) is 0 Å². The Kier molecular flexibility index (Phi) is 4.07. The standard InChI is InChI=1S/C23H21N3O5/c1-4-23(30)15-9-17-19-13(10-26(17)20(27)14(15)11-31-22(23)29)18(21(28)25(2)3)12-7-5-6-8-16(12)24-19/h5-9,30H,4,10-11H2,1-3H3/t23-/m0/s1. The number of ether oxygens (including phenoxy) is 1. The Morgan fingerprint density at radius 1 is 1.26 bits per heavy atom. The van der Waals surface area contributed by atoms with Gasteiger partial charge in [0.25, 0.3) is 11.5 Å². The Hall–Kier alpha value is -3.52. The van der Waals surface area contributed by atoms with Crippen LogP contribution in [0.3, 0.4) is 0 Å². The first-order chi connectivity index (χ1) is 14.8. The van der Waals surface area contributed by atoms with Crippen molar-refractivity contribution in [2.24, 2.45) is 0 Å². The second-order valence-corrected chi connectivity index (χ2v) is 8.13. The lowest BCUT2D eigenvalue weighted by Gasteiger charge is -2.31. The number of carbonyl (C=O) groups is 2. The van der Waals surface area contributed by atoms with E-state index in [1.807, 2.05) is 24.3 Å². The number of aliphatic hydroxyl groups is 1. The normalized spacial score (nSPS) is 18.9. The van der Waals surface area contributed by atoms with Crippen LogP contribution in [0.25, 0.3) is 22.3 Å². The van der Waals surface area contributed by atoms with Crippen LogP contribution in [0.15, 0.2) is 35.1 Å². The number of hydrogen-bond acceptors (Lipinski definition) is 6. The summed E-state index contributed by atoms with van der Waals surface area (Å²) in [6.45, 7) is 1.65. The minimum atomic E-state index is -1.88. The van der Waals surface area contributed by atoms with Crippen LogP contribution in [-0.4, -0.2) is 45.5 Å². The predicted molar refractivity (Wildman–Crippen MR) is 113 cm³/mol. The van der Waals surface area contributed by atoms with Crippen molar-refractivity contribution in [3.63, 3.8) is 0 Å². The van der Waals surface area contributed by atoms with Crippen molar-refractivity contribution in [1.29, 1.82) is 0 Å². The number of rotatable bonds is 2. The van der Waals surface area contributed by atoms with E-state index >= 15 is 0 Å². The molecule has 0 bridgehead atoms. The van der Waals surface area contributed by atoms with Gasteiger partial charge in [0.2, 0.25) is 0 Å². The van der Waals surface area contributed by atoms with Crippen molar-refractivity contribution >= 4 is 22.8 Å². The van der Waals surface area contributed by atoms with E-state index < -0.39 is 11.6 Å². The van der Waals surface area contributed by atoms with Gasteiger partial charge in [-0.05, 0) is 18.6 Å². The van der Waals surface area contributed by atoms with Crippen molar-refractivity contribution in [3.8, 4) is 11.4 Å². The van der Waals surface area contributed by atoms with Gasteiger partial charge in [0.15, 0.2) is 5.60 Å². The third kappa shape index (κ3) is 2.51. The Morgan fingerprint density at radius 3 is 2.71 bits per heavy atom. The van der Waals surface area contributed by atoms with Crippen molar-refractivity contribution in [2.45, 2.75) is 32.1 Å². The Bertz CT molecular complexity index is 1360. The summed E-state index contributed by atoms with van der Waals surface area (Å²) in [6.07, 6.45) is 0.0735. The number of fused-ring (bicyclic) bond motifs is 5. The molecule has 2 aromatic heterocycles. The van der Waals surface area contributed by atoms with Crippen LogP contribution in [0.4, 0.5) is 0 Å². The topological polar surface area (TPSA) is 102 Å². The highest BCUT2D eigenvalue weighted by Crippen LogP contribution is 2.40. The quantitative estimate of drug-likeness (QED) is 0.497. The molecule has 0 saturated carbocycles. The van der Waals surface area contributed by atoms with E-state index in [0.29, 0.717) is 33.4 Å². The molecule has 0 saturated heterocycles. The minimum absolute atomic E-state index is 0.0735. The second kappa shape index (κ2) is 6.49. The van der Waals surface area contributed by atoms with Gasteiger partial charge in [0.05, 0.1) is 34.6 Å². The first kappa shape index (κ1) is 19.4. The largest absolute Gasteiger partial charge is 0.458 e. The maximum absolute atomic E-state index is 13.3. The lowest BCUT2D eigenvalue weighted by molar-refractivity contribution is -0.172. The van der Waals surface area contributed by atoms with Gasteiger partial charge in [-0.3, -0.25) is 9.59 Å². The molecule has 0 fully saturated rings. The van der Waals surface area contributed by atoms with Gasteiger partial charge in [-0.15, -0.1) is 0 Å². The van der Waals surface area contributed by atoms with E-state index in [-0.39, 0.29) is 42.2 Å². The van der Waals surface area contributed by atoms with E-state index in [4.69, 9.17) is 9.72 Å². The number of cyclic esters (lactones) is 1. The first-order valence-electron chi connectivity index (χ1n) is 10.1. The highest BCUT2D eigenvalue weighted by atomic mass is 16.6. The van der Waals surface area contributed by atoms with E-state index in [0.717, 1.165) is 0 Å². The van der Waals surface area contributed by atoms with E-state index in [1.54, 1.807) is 27.1 Å². The molecule has 1 amide bonds. The van der Waals surface area contributed by atoms with Crippen molar-refractivity contribution < 1.29 is 19.4 Å². The van der Waals surface area contributed by atoms with Crippen LogP contribution < -0.4 is 5.56 Å². The summed E-state index contributed by atoms with van der Waals surface area (Å²) in [5.74, 6) is -0.941. The number of pyridine rings is 2. The van der Waals surface area contributed by atoms with Crippen LogP contribution in [0, 0.1) is 0 Å². The van der Waals surface area contributed by atoms with Crippen LogP contribution in [0.2, 0.25) is 0 Å². The number of nitrogens with zero attached hydrogens (tertiary/aromatic N) is 3. The van der Waals surface area contributed by atoms with Crippen molar-refractivity contribution in [3.05, 3.63) is 62.9 Å². The molecule has 1 N–H and O–H groups in total. The summed E-state index contributed by atoms with van der Waals surface area (Å²) in [4.78, 5) is 45.0. The molecule has 3 aromatic rings. The molecule has 158 valence electrons. The van der Waals surface area contributed by atoms with E-state index in [9.17, 15) is 19.5 Å². The molecule has 0 aliphatic carbocycles. The van der Waals surface area contributed by atoms with Gasteiger partial charge in [-0.2, -0.15) is 0 Å². The first-order valence-corrected chi connectivity index (χ1v) is 10.1. The molecular weight excluding hydrogens is 398 g/mol. The Balaban J connectivity index is 1.85. The van der Waals surface area contributed by atoms with Gasteiger partial charge in [-0.1, -0.05) is 25.1 Å². The molecule has 0 spiro atoms. The average molecular weight is 419 g/mol. The fourth-order valence-electron chi connectivity index (χ4n) is 4.50. The summed E-state index contributed by atoms with van der Waals surface area (Å²) in [6, 6.07) is 9.00. The summed E-state index contributed by atoms with van der Waals surface area (Å²) in [5, 5.41) is 11.7. The number of aromatic nitrogens is 2. The third-order valence-corrected chi connectivity index (χ3v) is 6.21. The fraction of sp³-hybridized carbons (Fsp3) is 0.304. The number of hydrogen-bond donors (Lipinski definition) is 1. The summed E-state index contributed by atoms with van der Waals surface area (Å²) < 4.78 is 6.65. The van der Waals surface area contributed by atoms with Gasteiger partial charge < -0.3 is 19.3 Å². The van der Waals surface area contributed by atoms with Crippen molar-refractivity contribution in [2.75, 3.05) is 14.1 Å². The smallest absolute Gasteiger partial charge is 0.343 e. The Labute approximate surface area is 177 Å². The second-order valence-electron chi connectivity index (χ2n) is 8.13. The zero-order chi connectivity index (χ0) is 22.1. The molecule has 8 nitrogen and oxygen atoms in total. The maximum atomic E-state index is 13.3. The molecule has 0 radical (unpaired) electrons. The predicted octanol–water partition coefficient (Wildman–Crippen LogP) is 1.78. The number of amides is 1. The monoisotopic (exact) mass is 419 g/mol. The molecule has 0 unspecified atom stereocenters.